The summed E-state index contributed by atoms with van der Waals surface area (Å²) in [6, 6.07) is 17.9. The van der Waals surface area contributed by atoms with E-state index in [2.05, 4.69) is 55.5 Å². The molecule has 1 atom stereocenters. The van der Waals surface area contributed by atoms with E-state index in [1.54, 1.807) is 0 Å². The number of carbonyl (C=O) groups excluding carboxylic acids is 1. The molecule has 0 heterocycles. The van der Waals surface area contributed by atoms with Crippen LogP contribution < -0.4 is 0 Å². The van der Waals surface area contributed by atoms with Crippen LogP contribution in [0.5, 0.6) is 0 Å². The van der Waals surface area contributed by atoms with Crippen LogP contribution >= 0.6 is 0 Å². The van der Waals surface area contributed by atoms with Gasteiger partial charge in [-0.05, 0) is 73.1 Å². The van der Waals surface area contributed by atoms with Crippen LogP contribution in [0.15, 0.2) is 48.5 Å². The SMILES string of the molecule is CCCCCCc1ccc(-c2ccc(C3CCC(OC(=O)[C@@H](F)CCCC)CC3)cc2)cc1. The van der Waals surface area contributed by atoms with Gasteiger partial charge in [-0.1, -0.05) is 94.5 Å². The van der Waals surface area contributed by atoms with Crippen molar-refractivity contribution in [2.75, 3.05) is 0 Å². The molecule has 0 N–H and O–H groups in total. The number of unbranched alkanes of at least 4 members (excludes halogenated alkanes) is 4. The molecule has 0 radical (unpaired) electrons. The molecule has 1 fully saturated rings. The van der Waals surface area contributed by atoms with Crippen molar-refractivity contribution in [3.8, 4) is 11.1 Å². The Labute approximate surface area is 199 Å². The Morgan fingerprint density at radius 1 is 0.848 bits per heavy atom. The Morgan fingerprint density at radius 3 is 2.06 bits per heavy atom. The van der Waals surface area contributed by atoms with Crippen molar-refractivity contribution >= 4 is 5.97 Å². The summed E-state index contributed by atoms with van der Waals surface area (Å²) >= 11 is 0. The lowest BCUT2D eigenvalue weighted by Gasteiger charge is -2.29. The third-order valence-corrected chi connectivity index (χ3v) is 7.01. The number of benzene rings is 2. The van der Waals surface area contributed by atoms with Gasteiger partial charge < -0.3 is 4.74 Å². The van der Waals surface area contributed by atoms with Gasteiger partial charge in [-0.2, -0.15) is 0 Å². The van der Waals surface area contributed by atoms with Gasteiger partial charge >= 0.3 is 5.97 Å². The zero-order chi connectivity index (χ0) is 23.5. The highest BCUT2D eigenvalue weighted by atomic mass is 19.1. The quantitative estimate of drug-likeness (QED) is 0.238. The number of hydrogen-bond donors (Lipinski definition) is 0. The highest BCUT2D eigenvalue weighted by Gasteiger charge is 2.27. The fourth-order valence-corrected chi connectivity index (χ4v) is 4.82. The molecule has 2 aromatic rings. The fraction of sp³-hybridized carbons (Fsp3) is 0.567. The van der Waals surface area contributed by atoms with Gasteiger partial charge in [0, 0.05) is 0 Å². The van der Waals surface area contributed by atoms with E-state index < -0.39 is 12.1 Å². The van der Waals surface area contributed by atoms with Gasteiger partial charge in [-0.25, -0.2) is 9.18 Å². The molecule has 1 saturated carbocycles. The molecule has 1 aliphatic carbocycles. The van der Waals surface area contributed by atoms with Crippen LogP contribution in [0.3, 0.4) is 0 Å². The summed E-state index contributed by atoms with van der Waals surface area (Å²) < 4.78 is 19.3. The van der Waals surface area contributed by atoms with Gasteiger partial charge in [0.2, 0.25) is 0 Å². The lowest BCUT2D eigenvalue weighted by Crippen LogP contribution is -2.28. The topological polar surface area (TPSA) is 26.3 Å². The van der Waals surface area contributed by atoms with Crippen LogP contribution in [0.4, 0.5) is 4.39 Å². The van der Waals surface area contributed by atoms with Crippen molar-refractivity contribution in [1.29, 1.82) is 0 Å². The standard InChI is InChI=1S/C30H41FO2/c1-3-5-7-8-9-23-11-13-24(14-12-23)25-15-17-26(18-16-25)27-19-21-28(22-20-27)33-30(32)29(31)10-6-4-2/h11-18,27-29H,3-10,19-22H2,1-2H3/t27?,28?,29-/m0/s1. The largest absolute Gasteiger partial charge is 0.460 e. The van der Waals surface area contributed by atoms with E-state index in [1.807, 2.05) is 6.92 Å². The summed E-state index contributed by atoms with van der Waals surface area (Å²) in [5, 5.41) is 0. The first-order valence-electron chi connectivity index (χ1n) is 13.1. The molecule has 1 aliphatic rings. The second kappa shape index (κ2) is 13.5. The molecule has 3 rings (SSSR count). The molecule has 0 aliphatic heterocycles. The minimum absolute atomic E-state index is 0.131. The lowest BCUT2D eigenvalue weighted by molar-refractivity contribution is -0.157. The predicted molar refractivity (Wildman–Crippen MR) is 135 cm³/mol. The van der Waals surface area contributed by atoms with Crippen molar-refractivity contribution in [3.05, 3.63) is 59.7 Å². The van der Waals surface area contributed by atoms with Crippen molar-refractivity contribution in [3.63, 3.8) is 0 Å². The number of hydrogen-bond acceptors (Lipinski definition) is 2. The lowest BCUT2D eigenvalue weighted by atomic mass is 9.82. The zero-order valence-electron chi connectivity index (χ0n) is 20.5. The highest BCUT2D eigenvalue weighted by Crippen LogP contribution is 2.35. The van der Waals surface area contributed by atoms with Crippen LogP contribution in [0.25, 0.3) is 11.1 Å². The van der Waals surface area contributed by atoms with Gasteiger partial charge in [0.25, 0.3) is 0 Å². The monoisotopic (exact) mass is 452 g/mol. The number of esters is 1. The molecular formula is C30H41FO2. The first-order chi connectivity index (χ1) is 16.1. The van der Waals surface area contributed by atoms with E-state index in [-0.39, 0.29) is 12.5 Å². The summed E-state index contributed by atoms with van der Waals surface area (Å²) in [6.45, 7) is 4.25. The molecule has 0 amide bonds. The molecular weight excluding hydrogens is 411 g/mol. The molecule has 180 valence electrons. The number of aryl methyl sites for hydroxylation is 1. The van der Waals surface area contributed by atoms with E-state index in [0.717, 1.165) is 38.5 Å². The maximum atomic E-state index is 13.9. The minimum Gasteiger partial charge on any atom is -0.460 e. The van der Waals surface area contributed by atoms with Crippen LogP contribution in [-0.4, -0.2) is 18.2 Å². The van der Waals surface area contributed by atoms with E-state index in [1.165, 1.54) is 54.4 Å². The number of ether oxygens (including phenoxy) is 1. The van der Waals surface area contributed by atoms with Crippen molar-refractivity contribution < 1.29 is 13.9 Å². The number of rotatable bonds is 12. The molecule has 0 unspecified atom stereocenters. The molecule has 0 bridgehead atoms. The Bertz CT molecular complexity index is 819. The Hall–Kier alpha value is -2.16. The summed E-state index contributed by atoms with van der Waals surface area (Å²) in [6.07, 6.45) is 10.3. The summed E-state index contributed by atoms with van der Waals surface area (Å²) in [7, 11) is 0. The van der Waals surface area contributed by atoms with Crippen LogP contribution in [0.2, 0.25) is 0 Å². The molecule has 3 heteroatoms. The normalized spacial score (nSPS) is 19.2. The van der Waals surface area contributed by atoms with Gasteiger partial charge in [-0.3, -0.25) is 0 Å². The number of halogens is 1. The maximum absolute atomic E-state index is 13.9. The molecule has 0 aromatic heterocycles. The zero-order valence-corrected chi connectivity index (χ0v) is 20.5. The van der Waals surface area contributed by atoms with Crippen LogP contribution in [0.1, 0.15) is 102 Å². The van der Waals surface area contributed by atoms with E-state index >= 15 is 0 Å². The third kappa shape index (κ3) is 7.98. The molecule has 33 heavy (non-hydrogen) atoms. The minimum atomic E-state index is -1.47. The third-order valence-electron chi connectivity index (χ3n) is 7.01. The Morgan fingerprint density at radius 2 is 1.45 bits per heavy atom. The first kappa shape index (κ1) is 25.5. The van der Waals surface area contributed by atoms with Crippen LogP contribution in [-0.2, 0) is 16.0 Å². The van der Waals surface area contributed by atoms with Gasteiger partial charge in [0.05, 0.1) is 0 Å². The first-order valence-corrected chi connectivity index (χ1v) is 13.1. The van der Waals surface area contributed by atoms with Gasteiger partial charge in [0.15, 0.2) is 6.17 Å². The molecule has 0 spiro atoms. The van der Waals surface area contributed by atoms with Crippen LogP contribution in [0, 0.1) is 0 Å². The van der Waals surface area contributed by atoms with E-state index in [9.17, 15) is 9.18 Å². The Kier molecular flexibility index (Phi) is 10.4. The highest BCUT2D eigenvalue weighted by molar-refractivity contribution is 5.74. The van der Waals surface area contributed by atoms with Gasteiger partial charge in [0.1, 0.15) is 6.10 Å². The predicted octanol–water partition coefficient (Wildman–Crippen LogP) is 8.57. The Balaban J connectivity index is 1.46. The van der Waals surface area contributed by atoms with E-state index in [4.69, 9.17) is 4.74 Å². The van der Waals surface area contributed by atoms with E-state index in [0.29, 0.717) is 5.92 Å². The maximum Gasteiger partial charge on any atom is 0.340 e. The number of carbonyl (C=O) groups is 1. The van der Waals surface area contributed by atoms with Gasteiger partial charge in [-0.15, -0.1) is 0 Å². The second-order valence-corrected chi connectivity index (χ2v) is 9.65. The smallest absolute Gasteiger partial charge is 0.340 e. The average molecular weight is 453 g/mol. The van der Waals surface area contributed by atoms with Crippen molar-refractivity contribution in [2.45, 2.75) is 109 Å². The summed E-state index contributed by atoms with van der Waals surface area (Å²) in [4.78, 5) is 11.9. The molecule has 0 saturated heterocycles. The molecule has 2 aromatic carbocycles. The number of alkyl halides is 1. The summed E-state index contributed by atoms with van der Waals surface area (Å²) in [5.74, 6) is -0.177. The average Bonchev–Trinajstić information content (AvgIpc) is 2.86. The summed E-state index contributed by atoms with van der Waals surface area (Å²) in [5.41, 5.74) is 5.29. The van der Waals surface area contributed by atoms with Crippen molar-refractivity contribution in [1.82, 2.24) is 0 Å². The van der Waals surface area contributed by atoms with Crippen molar-refractivity contribution in [2.24, 2.45) is 0 Å². The fourth-order valence-electron chi connectivity index (χ4n) is 4.82. The second-order valence-electron chi connectivity index (χ2n) is 9.65. The molecule has 2 nitrogen and oxygen atoms in total.